The van der Waals surface area contributed by atoms with Gasteiger partial charge in [-0.05, 0) is 25.2 Å². The molecule has 0 amide bonds. The Hall–Kier alpha value is -0.770. The van der Waals surface area contributed by atoms with E-state index in [9.17, 15) is 0 Å². The lowest BCUT2D eigenvalue weighted by atomic mass is 10.2. The summed E-state index contributed by atoms with van der Waals surface area (Å²) in [5, 5.41) is 7.68. The first-order valence-electron chi connectivity index (χ1n) is 5.65. The zero-order valence-corrected chi connectivity index (χ0v) is 10.3. The van der Waals surface area contributed by atoms with Crippen LogP contribution in [0, 0.1) is 0 Å². The molecule has 1 fully saturated rings. The number of hydrogen-bond acceptors (Lipinski definition) is 3. The fourth-order valence-corrected chi connectivity index (χ4v) is 2.16. The van der Waals surface area contributed by atoms with Crippen LogP contribution in [0.5, 0.6) is 0 Å². The van der Waals surface area contributed by atoms with Gasteiger partial charge in [0, 0.05) is 42.9 Å². The minimum absolute atomic E-state index is 0.512. The number of anilines is 1. The van der Waals surface area contributed by atoms with E-state index in [1.54, 1.807) is 0 Å². The van der Waals surface area contributed by atoms with Crippen LogP contribution in [0.15, 0.2) is 24.3 Å². The predicted octanol–water partition coefficient (Wildman–Crippen LogP) is 1.66. The summed E-state index contributed by atoms with van der Waals surface area (Å²) >= 11 is 5.93. The summed E-state index contributed by atoms with van der Waals surface area (Å²) in [5.41, 5.74) is 1.09. The molecule has 0 spiro atoms. The Labute approximate surface area is 102 Å². The summed E-state index contributed by atoms with van der Waals surface area (Å²) in [6.45, 7) is 4.23. The number of piperazine rings is 1. The van der Waals surface area contributed by atoms with Crippen molar-refractivity contribution in [3.8, 4) is 0 Å². The van der Waals surface area contributed by atoms with E-state index in [-0.39, 0.29) is 0 Å². The quantitative estimate of drug-likeness (QED) is 0.840. The Kier molecular flexibility index (Phi) is 4.04. The third-order valence-corrected chi connectivity index (χ3v) is 3.07. The lowest BCUT2D eigenvalue weighted by molar-refractivity contribution is 0.244. The van der Waals surface area contributed by atoms with Crippen LogP contribution in [0.3, 0.4) is 0 Å². The van der Waals surface area contributed by atoms with Crippen LogP contribution in [0.1, 0.15) is 0 Å². The first-order chi connectivity index (χ1) is 7.74. The van der Waals surface area contributed by atoms with Crippen LogP contribution in [0.25, 0.3) is 0 Å². The van der Waals surface area contributed by atoms with Gasteiger partial charge in [0.25, 0.3) is 0 Å². The van der Waals surface area contributed by atoms with E-state index in [1.165, 1.54) is 0 Å². The van der Waals surface area contributed by atoms with Gasteiger partial charge >= 0.3 is 0 Å². The molecule has 2 rings (SSSR count). The Morgan fingerprint density at radius 3 is 3.19 bits per heavy atom. The normalized spacial score (nSPS) is 22.0. The number of rotatable bonds is 3. The molecule has 1 aliphatic rings. The Bertz CT molecular complexity index is 343. The maximum Gasteiger partial charge on any atom is 0.0426 e. The third kappa shape index (κ3) is 3.37. The van der Waals surface area contributed by atoms with Gasteiger partial charge in [-0.15, -0.1) is 0 Å². The van der Waals surface area contributed by atoms with Gasteiger partial charge in [0.1, 0.15) is 0 Å². The second-order valence-electron chi connectivity index (χ2n) is 4.30. The van der Waals surface area contributed by atoms with Crippen molar-refractivity contribution in [2.75, 3.05) is 38.5 Å². The van der Waals surface area contributed by atoms with E-state index >= 15 is 0 Å². The van der Waals surface area contributed by atoms with Crippen LogP contribution in [0.2, 0.25) is 5.02 Å². The molecule has 0 saturated carbocycles. The molecule has 3 nitrogen and oxygen atoms in total. The molecule has 0 aromatic heterocycles. The molecule has 1 aromatic rings. The Balaban J connectivity index is 1.82. The van der Waals surface area contributed by atoms with Crippen molar-refractivity contribution < 1.29 is 0 Å². The SMILES string of the molecule is CN1CCNC(CNc2cccc(Cl)c2)C1. The second kappa shape index (κ2) is 5.53. The van der Waals surface area contributed by atoms with Gasteiger partial charge in [0.05, 0.1) is 0 Å². The minimum Gasteiger partial charge on any atom is -0.383 e. The maximum absolute atomic E-state index is 5.93. The molecule has 4 heteroatoms. The molecule has 2 N–H and O–H groups in total. The monoisotopic (exact) mass is 239 g/mol. The van der Waals surface area contributed by atoms with Crippen LogP contribution in [-0.4, -0.2) is 44.2 Å². The fraction of sp³-hybridized carbons (Fsp3) is 0.500. The topological polar surface area (TPSA) is 27.3 Å². The van der Waals surface area contributed by atoms with Gasteiger partial charge < -0.3 is 15.5 Å². The number of likely N-dealkylation sites (N-methyl/N-ethyl adjacent to an activating group) is 1. The maximum atomic E-state index is 5.93. The highest BCUT2D eigenvalue weighted by molar-refractivity contribution is 6.30. The summed E-state index contributed by atoms with van der Waals surface area (Å²) in [5.74, 6) is 0. The molecular formula is C12H18ClN3. The van der Waals surface area contributed by atoms with E-state index in [2.05, 4.69) is 22.6 Å². The summed E-state index contributed by atoms with van der Waals surface area (Å²) in [4.78, 5) is 2.35. The first-order valence-corrected chi connectivity index (χ1v) is 6.03. The van der Waals surface area contributed by atoms with Crippen molar-refractivity contribution in [1.29, 1.82) is 0 Å². The fourth-order valence-electron chi connectivity index (χ4n) is 1.97. The van der Waals surface area contributed by atoms with E-state index in [0.717, 1.165) is 36.9 Å². The summed E-state index contributed by atoms with van der Waals surface area (Å²) in [7, 11) is 2.16. The number of hydrogen-bond donors (Lipinski definition) is 2. The molecule has 1 atom stereocenters. The van der Waals surface area contributed by atoms with Gasteiger partial charge in [0.2, 0.25) is 0 Å². The van der Waals surface area contributed by atoms with E-state index < -0.39 is 0 Å². The zero-order chi connectivity index (χ0) is 11.4. The molecule has 16 heavy (non-hydrogen) atoms. The molecule has 0 bridgehead atoms. The van der Waals surface area contributed by atoms with Crippen molar-refractivity contribution >= 4 is 17.3 Å². The van der Waals surface area contributed by atoms with Crippen molar-refractivity contribution in [2.45, 2.75) is 6.04 Å². The largest absolute Gasteiger partial charge is 0.383 e. The van der Waals surface area contributed by atoms with Gasteiger partial charge in [-0.2, -0.15) is 0 Å². The van der Waals surface area contributed by atoms with Gasteiger partial charge in [0.15, 0.2) is 0 Å². The number of nitrogens with one attached hydrogen (secondary N) is 2. The van der Waals surface area contributed by atoms with Crippen LogP contribution in [0.4, 0.5) is 5.69 Å². The number of halogens is 1. The van der Waals surface area contributed by atoms with Gasteiger partial charge in [-0.25, -0.2) is 0 Å². The molecule has 1 heterocycles. The molecule has 0 aliphatic carbocycles. The molecule has 1 aliphatic heterocycles. The molecule has 1 unspecified atom stereocenters. The average molecular weight is 240 g/mol. The van der Waals surface area contributed by atoms with E-state index in [1.807, 2.05) is 24.3 Å². The highest BCUT2D eigenvalue weighted by Crippen LogP contribution is 2.14. The average Bonchev–Trinajstić information content (AvgIpc) is 2.27. The minimum atomic E-state index is 0.512. The Morgan fingerprint density at radius 1 is 1.56 bits per heavy atom. The van der Waals surface area contributed by atoms with Crippen LogP contribution < -0.4 is 10.6 Å². The second-order valence-corrected chi connectivity index (χ2v) is 4.74. The lowest BCUT2D eigenvalue weighted by Gasteiger charge is -2.31. The van der Waals surface area contributed by atoms with Crippen LogP contribution in [-0.2, 0) is 0 Å². The first kappa shape index (κ1) is 11.7. The molecule has 1 aromatic carbocycles. The highest BCUT2D eigenvalue weighted by Gasteiger charge is 2.15. The lowest BCUT2D eigenvalue weighted by Crippen LogP contribution is -2.51. The van der Waals surface area contributed by atoms with E-state index in [0.29, 0.717) is 6.04 Å². The smallest absolute Gasteiger partial charge is 0.0426 e. The van der Waals surface area contributed by atoms with Crippen molar-refractivity contribution in [1.82, 2.24) is 10.2 Å². The molecule has 88 valence electrons. The van der Waals surface area contributed by atoms with Crippen molar-refractivity contribution in [2.24, 2.45) is 0 Å². The van der Waals surface area contributed by atoms with Crippen LogP contribution >= 0.6 is 11.6 Å². The van der Waals surface area contributed by atoms with Crippen molar-refractivity contribution in [3.05, 3.63) is 29.3 Å². The van der Waals surface area contributed by atoms with Gasteiger partial charge in [-0.1, -0.05) is 17.7 Å². The standard InChI is InChI=1S/C12H18ClN3/c1-16-6-5-14-12(9-16)8-15-11-4-2-3-10(13)7-11/h2-4,7,12,14-15H,5-6,8-9H2,1H3. The summed E-state index contributed by atoms with van der Waals surface area (Å²) in [6, 6.07) is 8.36. The Morgan fingerprint density at radius 2 is 2.44 bits per heavy atom. The zero-order valence-electron chi connectivity index (χ0n) is 9.54. The molecular weight excluding hydrogens is 222 g/mol. The molecule has 0 radical (unpaired) electrons. The van der Waals surface area contributed by atoms with Gasteiger partial charge in [-0.3, -0.25) is 0 Å². The summed E-state index contributed by atoms with van der Waals surface area (Å²) < 4.78 is 0. The number of nitrogens with zero attached hydrogens (tertiary/aromatic N) is 1. The summed E-state index contributed by atoms with van der Waals surface area (Å²) in [6.07, 6.45) is 0. The highest BCUT2D eigenvalue weighted by atomic mass is 35.5. The third-order valence-electron chi connectivity index (χ3n) is 2.84. The van der Waals surface area contributed by atoms with Crippen molar-refractivity contribution in [3.63, 3.8) is 0 Å². The van der Waals surface area contributed by atoms with E-state index in [4.69, 9.17) is 11.6 Å². The predicted molar refractivity (Wildman–Crippen MR) is 69.2 cm³/mol. The number of benzene rings is 1. The molecule has 1 saturated heterocycles.